The van der Waals surface area contributed by atoms with Gasteiger partial charge in [-0.15, -0.1) is 0 Å². The van der Waals surface area contributed by atoms with Gasteiger partial charge in [0.25, 0.3) is 0 Å². The van der Waals surface area contributed by atoms with E-state index in [0.717, 1.165) is 11.1 Å². The van der Waals surface area contributed by atoms with Gasteiger partial charge in [0.05, 0.1) is 19.8 Å². The van der Waals surface area contributed by atoms with Crippen molar-refractivity contribution in [1.29, 1.82) is 0 Å². The number of amides is 1. The van der Waals surface area contributed by atoms with Crippen molar-refractivity contribution in [2.75, 3.05) is 20.3 Å². The van der Waals surface area contributed by atoms with Crippen LogP contribution in [0.3, 0.4) is 0 Å². The predicted molar refractivity (Wildman–Crippen MR) is 133 cm³/mol. The molecule has 0 bridgehead atoms. The molecule has 2 aromatic carbocycles. The number of halogens is 2. The summed E-state index contributed by atoms with van der Waals surface area (Å²) >= 11 is 11.9. The highest BCUT2D eigenvalue weighted by Crippen LogP contribution is 2.26. The average Bonchev–Trinajstić information content (AvgIpc) is 2.85. The maximum Gasteiger partial charge on any atom is 0.220 e. The molecule has 35 heavy (non-hydrogen) atoms. The first-order valence-corrected chi connectivity index (χ1v) is 12.2. The lowest BCUT2D eigenvalue weighted by atomic mass is 9.96. The first kappa shape index (κ1) is 27.8. The highest BCUT2D eigenvalue weighted by Gasteiger charge is 2.47. The second-order valence-electron chi connectivity index (χ2n) is 8.30. The zero-order valence-corrected chi connectivity index (χ0v) is 21.1. The Balaban J connectivity index is 1.69. The summed E-state index contributed by atoms with van der Waals surface area (Å²) in [6, 6.07) is 13.8. The first-order valence-electron chi connectivity index (χ1n) is 11.4. The standard InChI is InChI=1S/C25H32Cl2N2O6/c1-32-24-22(29-21(30)3-2-12-28)25(34-14-17-6-10-19(27)11-7-17)35-20(23(24)31)15-33-13-16-4-8-18(26)9-5-16/h4-11,20,22-25,31H,2-3,12-15,28H2,1H3,(H,29,30)/t20-,22-,23-,24-,25?/m1/s1. The van der Waals surface area contributed by atoms with Gasteiger partial charge in [0, 0.05) is 23.6 Å². The summed E-state index contributed by atoms with van der Waals surface area (Å²) in [7, 11) is 1.47. The molecule has 1 unspecified atom stereocenters. The number of hydrogen-bond acceptors (Lipinski definition) is 7. The van der Waals surface area contributed by atoms with Gasteiger partial charge in [-0.2, -0.15) is 0 Å². The summed E-state index contributed by atoms with van der Waals surface area (Å²) in [5.74, 6) is -0.226. The van der Waals surface area contributed by atoms with Crippen LogP contribution in [0.1, 0.15) is 24.0 Å². The van der Waals surface area contributed by atoms with Gasteiger partial charge in [0.1, 0.15) is 24.4 Å². The smallest absolute Gasteiger partial charge is 0.220 e. The monoisotopic (exact) mass is 526 g/mol. The molecule has 0 radical (unpaired) electrons. The van der Waals surface area contributed by atoms with Crippen LogP contribution in [-0.4, -0.2) is 61.9 Å². The van der Waals surface area contributed by atoms with E-state index in [2.05, 4.69) is 5.32 Å². The van der Waals surface area contributed by atoms with Crippen molar-refractivity contribution in [1.82, 2.24) is 5.32 Å². The molecule has 1 saturated heterocycles. The third-order valence-electron chi connectivity index (χ3n) is 5.67. The van der Waals surface area contributed by atoms with Crippen molar-refractivity contribution >= 4 is 29.1 Å². The van der Waals surface area contributed by atoms with Crippen LogP contribution in [0, 0.1) is 0 Å². The van der Waals surface area contributed by atoms with Crippen molar-refractivity contribution < 1.29 is 28.8 Å². The van der Waals surface area contributed by atoms with E-state index >= 15 is 0 Å². The van der Waals surface area contributed by atoms with Crippen molar-refractivity contribution in [2.45, 2.75) is 56.7 Å². The largest absolute Gasteiger partial charge is 0.388 e. The van der Waals surface area contributed by atoms with E-state index in [1.54, 1.807) is 24.3 Å². The molecule has 1 fully saturated rings. The minimum absolute atomic E-state index is 0.0955. The minimum atomic E-state index is -1.06. The fourth-order valence-electron chi connectivity index (χ4n) is 3.79. The van der Waals surface area contributed by atoms with Crippen LogP contribution in [0.15, 0.2) is 48.5 Å². The molecule has 2 aromatic rings. The maximum absolute atomic E-state index is 12.5. The zero-order valence-electron chi connectivity index (χ0n) is 19.6. The second-order valence-corrected chi connectivity index (χ2v) is 9.17. The van der Waals surface area contributed by atoms with Gasteiger partial charge in [-0.1, -0.05) is 47.5 Å². The molecule has 0 saturated carbocycles. The third kappa shape index (κ3) is 8.41. The number of benzene rings is 2. The molecule has 10 heteroatoms. The molecule has 1 aliphatic heterocycles. The van der Waals surface area contributed by atoms with E-state index in [-0.39, 0.29) is 25.5 Å². The molecule has 0 spiro atoms. The van der Waals surface area contributed by atoms with Gasteiger partial charge in [-0.3, -0.25) is 4.79 Å². The molecule has 1 heterocycles. The number of methoxy groups -OCH3 is 1. The van der Waals surface area contributed by atoms with E-state index in [1.165, 1.54) is 7.11 Å². The molecule has 8 nitrogen and oxygen atoms in total. The Kier molecular flexibility index (Phi) is 11.2. The van der Waals surface area contributed by atoms with Gasteiger partial charge < -0.3 is 35.1 Å². The number of ether oxygens (including phenoxy) is 4. The summed E-state index contributed by atoms with van der Waals surface area (Å²) in [6.07, 6.45) is -2.66. The normalized spacial score (nSPS) is 24.3. The molecule has 4 N–H and O–H groups in total. The van der Waals surface area contributed by atoms with Crippen LogP contribution >= 0.6 is 23.2 Å². The number of nitrogens with one attached hydrogen (secondary N) is 1. The summed E-state index contributed by atoms with van der Waals surface area (Å²) in [4.78, 5) is 12.5. The number of nitrogens with two attached hydrogens (primary N) is 1. The van der Waals surface area contributed by atoms with Crippen molar-refractivity contribution in [3.63, 3.8) is 0 Å². The van der Waals surface area contributed by atoms with Crippen LogP contribution in [0.5, 0.6) is 0 Å². The summed E-state index contributed by atoms with van der Waals surface area (Å²) in [5.41, 5.74) is 7.34. The van der Waals surface area contributed by atoms with Crippen LogP contribution in [-0.2, 0) is 37.0 Å². The van der Waals surface area contributed by atoms with Crippen molar-refractivity contribution in [2.24, 2.45) is 5.73 Å². The molecular formula is C25H32Cl2N2O6. The number of hydrogen-bond donors (Lipinski definition) is 3. The zero-order chi connectivity index (χ0) is 25.2. The van der Waals surface area contributed by atoms with Crippen molar-refractivity contribution in [3.05, 3.63) is 69.7 Å². The Morgan fingerprint density at radius 2 is 1.66 bits per heavy atom. The Morgan fingerprint density at radius 3 is 2.23 bits per heavy atom. The highest BCUT2D eigenvalue weighted by atomic mass is 35.5. The lowest BCUT2D eigenvalue weighted by molar-refractivity contribution is -0.279. The van der Waals surface area contributed by atoms with Gasteiger partial charge in [0.15, 0.2) is 6.29 Å². The van der Waals surface area contributed by atoms with Crippen molar-refractivity contribution in [3.8, 4) is 0 Å². The van der Waals surface area contributed by atoms with Crippen LogP contribution in [0.2, 0.25) is 10.0 Å². The SMILES string of the molecule is CO[C@H]1[C@H](O)[C@@H](COCc2ccc(Cl)cc2)OC(OCc2ccc(Cl)cc2)[C@@H]1NC(=O)CCCN. The molecular weight excluding hydrogens is 495 g/mol. The van der Waals surface area contributed by atoms with Gasteiger partial charge in [-0.25, -0.2) is 0 Å². The first-order chi connectivity index (χ1) is 16.9. The second kappa shape index (κ2) is 14.1. The van der Waals surface area contributed by atoms with Gasteiger partial charge in [-0.05, 0) is 48.4 Å². The van der Waals surface area contributed by atoms with E-state index in [0.29, 0.717) is 29.6 Å². The van der Waals surface area contributed by atoms with E-state index in [1.807, 2.05) is 24.3 Å². The minimum Gasteiger partial charge on any atom is -0.388 e. The third-order valence-corrected chi connectivity index (χ3v) is 6.18. The summed E-state index contributed by atoms with van der Waals surface area (Å²) in [6.45, 7) is 1.02. The quantitative estimate of drug-likeness (QED) is 0.389. The molecule has 1 amide bonds. The topological polar surface area (TPSA) is 112 Å². The molecule has 3 rings (SSSR count). The van der Waals surface area contributed by atoms with E-state index in [9.17, 15) is 9.90 Å². The summed E-state index contributed by atoms with van der Waals surface area (Å²) in [5, 5.41) is 15.1. The highest BCUT2D eigenvalue weighted by molar-refractivity contribution is 6.30. The summed E-state index contributed by atoms with van der Waals surface area (Å²) < 4.78 is 23.5. The number of carbonyl (C=O) groups is 1. The fraction of sp³-hybridized carbons (Fsp3) is 0.480. The Morgan fingerprint density at radius 1 is 1.06 bits per heavy atom. The maximum atomic E-state index is 12.5. The lowest BCUT2D eigenvalue weighted by Gasteiger charge is -2.44. The number of carbonyl (C=O) groups excluding carboxylic acids is 1. The number of aliphatic hydroxyl groups is 1. The fourth-order valence-corrected chi connectivity index (χ4v) is 4.04. The molecule has 5 atom stereocenters. The van der Waals surface area contributed by atoms with Crippen LogP contribution < -0.4 is 11.1 Å². The Bertz CT molecular complexity index is 915. The predicted octanol–water partition coefficient (Wildman–Crippen LogP) is 3.05. The number of rotatable bonds is 12. The van der Waals surface area contributed by atoms with E-state index < -0.39 is 30.6 Å². The molecule has 192 valence electrons. The van der Waals surface area contributed by atoms with Crippen LogP contribution in [0.25, 0.3) is 0 Å². The average molecular weight is 527 g/mol. The lowest BCUT2D eigenvalue weighted by Crippen LogP contribution is -2.65. The molecule has 0 aliphatic carbocycles. The Labute approximate surface area is 215 Å². The Hall–Kier alpha value is -1.75. The molecule has 1 aliphatic rings. The molecule has 0 aromatic heterocycles. The van der Waals surface area contributed by atoms with E-state index in [4.69, 9.17) is 47.9 Å². The van der Waals surface area contributed by atoms with Gasteiger partial charge >= 0.3 is 0 Å². The van der Waals surface area contributed by atoms with Gasteiger partial charge in [0.2, 0.25) is 5.91 Å². The number of aliphatic hydroxyl groups excluding tert-OH is 1. The van der Waals surface area contributed by atoms with Crippen LogP contribution in [0.4, 0.5) is 0 Å².